The number of aryl methyl sites for hydroxylation is 1. The Kier molecular flexibility index (Phi) is 7.38. The molecule has 0 fully saturated rings. The third-order valence-corrected chi connectivity index (χ3v) is 8.46. The van der Waals surface area contributed by atoms with Crippen LogP contribution >= 0.6 is 0 Å². The molecule has 0 aliphatic carbocycles. The molecule has 1 unspecified atom stereocenters. The van der Waals surface area contributed by atoms with Crippen LogP contribution in [0.15, 0.2) is 70.4 Å². The third kappa shape index (κ3) is 5.19. The lowest BCUT2D eigenvalue weighted by atomic mass is 10.0. The van der Waals surface area contributed by atoms with Gasteiger partial charge in [-0.05, 0) is 61.0 Å². The molecule has 0 radical (unpaired) electrons. The first-order chi connectivity index (χ1) is 19.5. The van der Waals surface area contributed by atoms with E-state index >= 15 is 0 Å². The number of benzene rings is 3. The fraction of sp³-hybridized carbons (Fsp3) is 0.185. The van der Waals surface area contributed by atoms with Gasteiger partial charge >= 0.3 is 0 Å². The minimum absolute atomic E-state index is 0.0562. The Balaban J connectivity index is 1.49. The van der Waals surface area contributed by atoms with Gasteiger partial charge in [0.2, 0.25) is 10.0 Å². The van der Waals surface area contributed by atoms with Crippen molar-refractivity contribution in [3.8, 4) is 22.9 Å². The number of rotatable bonds is 7. The van der Waals surface area contributed by atoms with Crippen molar-refractivity contribution in [2.45, 2.75) is 24.3 Å². The maximum atomic E-state index is 14.4. The number of halogens is 2. The van der Waals surface area contributed by atoms with Crippen LogP contribution in [0.5, 0.6) is 17.2 Å². The van der Waals surface area contributed by atoms with E-state index in [4.69, 9.17) is 9.47 Å². The molecular weight excluding hydrogens is 562 g/mol. The van der Waals surface area contributed by atoms with Crippen LogP contribution in [0.2, 0.25) is 0 Å². The quantitative estimate of drug-likeness (QED) is 0.223. The molecular formula is C27H24F2N4O7S. The van der Waals surface area contributed by atoms with Gasteiger partial charge in [-0.1, -0.05) is 0 Å². The van der Waals surface area contributed by atoms with E-state index in [1.165, 1.54) is 36.9 Å². The fourth-order valence-electron chi connectivity index (χ4n) is 4.71. The molecule has 14 heteroatoms. The molecule has 5 rings (SSSR count). The Bertz CT molecular complexity index is 1800. The van der Waals surface area contributed by atoms with Gasteiger partial charge in [0.1, 0.15) is 40.6 Å². The van der Waals surface area contributed by atoms with Crippen LogP contribution in [-0.4, -0.2) is 47.3 Å². The highest BCUT2D eigenvalue weighted by Gasteiger charge is 2.44. The predicted molar refractivity (Wildman–Crippen MR) is 141 cm³/mol. The largest absolute Gasteiger partial charge is 0.497 e. The molecule has 1 amide bonds. The summed E-state index contributed by atoms with van der Waals surface area (Å²) in [5, 5.41) is 12.1. The van der Waals surface area contributed by atoms with E-state index in [1.807, 2.05) is 13.0 Å². The van der Waals surface area contributed by atoms with E-state index < -0.39 is 44.9 Å². The molecule has 214 valence electrons. The number of hydrogen-bond donors (Lipinski definition) is 3. The number of sulfonamides is 1. The maximum Gasteiger partial charge on any atom is 0.276 e. The highest BCUT2D eigenvalue weighted by atomic mass is 32.2. The van der Waals surface area contributed by atoms with Crippen LogP contribution < -0.4 is 20.5 Å². The minimum Gasteiger partial charge on any atom is -0.497 e. The van der Waals surface area contributed by atoms with Crippen molar-refractivity contribution in [1.29, 1.82) is 0 Å². The first-order valence-corrected chi connectivity index (χ1v) is 13.7. The number of H-pyrrole nitrogens is 1. The number of hydrogen-bond acceptors (Lipinski definition) is 7. The van der Waals surface area contributed by atoms with Crippen LogP contribution in [0, 0.1) is 18.6 Å². The average molecular weight is 587 g/mol. The summed E-state index contributed by atoms with van der Waals surface area (Å²) in [6, 6.07) is 11.3. The molecule has 0 saturated carbocycles. The fourth-order valence-corrected chi connectivity index (χ4v) is 6.27. The standard InChI is InChI=1S/C27H24F2N4O7S/c1-15-11-18(39-2)14-19(12-15)40-17-4-6-20(7-5-17)41(37,38)32-10-9-22-24(25(32)26(34)31-36)27(35)33(30-22)23-13-16(28)3-8-21(23)29/h3-8,11-14,25,30,36H,9-10H2,1-2H3,(H,31,34). The second-order valence-electron chi connectivity index (χ2n) is 9.24. The van der Waals surface area contributed by atoms with Gasteiger partial charge in [-0.3, -0.25) is 19.9 Å². The van der Waals surface area contributed by atoms with Crippen molar-refractivity contribution in [3.05, 3.63) is 99.5 Å². The van der Waals surface area contributed by atoms with E-state index in [0.717, 1.165) is 28.1 Å². The maximum absolute atomic E-state index is 14.4. The van der Waals surface area contributed by atoms with E-state index in [-0.39, 0.29) is 29.1 Å². The highest BCUT2D eigenvalue weighted by molar-refractivity contribution is 7.89. The molecule has 1 aliphatic heterocycles. The van der Waals surface area contributed by atoms with Crippen molar-refractivity contribution in [2.24, 2.45) is 0 Å². The molecule has 3 N–H and O–H groups in total. The van der Waals surface area contributed by atoms with Gasteiger partial charge in [-0.25, -0.2) is 27.4 Å². The van der Waals surface area contributed by atoms with Gasteiger partial charge in [0, 0.05) is 30.8 Å². The number of hydroxylamine groups is 1. The molecule has 1 aromatic heterocycles. The van der Waals surface area contributed by atoms with Crippen LogP contribution in [0.4, 0.5) is 8.78 Å². The SMILES string of the molecule is COc1cc(C)cc(Oc2ccc(S(=O)(=O)N3CCc4[nH]n(-c5cc(F)ccc5F)c(=O)c4C3C(=O)NO)cc2)c1. The number of nitrogens with one attached hydrogen (secondary N) is 2. The average Bonchev–Trinajstić information content (AvgIpc) is 3.29. The second kappa shape index (κ2) is 10.8. The lowest BCUT2D eigenvalue weighted by Gasteiger charge is -2.32. The van der Waals surface area contributed by atoms with E-state index in [0.29, 0.717) is 21.9 Å². The zero-order valence-electron chi connectivity index (χ0n) is 21.7. The molecule has 1 atom stereocenters. The molecule has 0 saturated heterocycles. The zero-order valence-corrected chi connectivity index (χ0v) is 22.5. The molecule has 2 heterocycles. The number of aromatic nitrogens is 2. The van der Waals surface area contributed by atoms with Crippen LogP contribution in [0.3, 0.4) is 0 Å². The normalized spacial score (nSPS) is 15.3. The molecule has 1 aliphatic rings. The minimum atomic E-state index is -4.41. The van der Waals surface area contributed by atoms with E-state index in [1.54, 1.807) is 12.1 Å². The van der Waals surface area contributed by atoms with Gasteiger partial charge in [0.05, 0.1) is 17.6 Å². The lowest BCUT2D eigenvalue weighted by molar-refractivity contribution is -0.133. The molecule has 4 aromatic rings. The Hall–Kier alpha value is -4.53. The van der Waals surface area contributed by atoms with Crippen molar-refractivity contribution in [3.63, 3.8) is 0 Å². The highest BCUT2D eigenvalue weighted by Crippen LogP contribution is 2.34. The number of amides is 1. The molecule has 11 nitrogen and oxygen atoms in total. The summed E-state index contributed by atoms with van der Waals surface area (Å²) in [7, 11) is -2.89. The van der Waals surface area contributed by atoms with Crippen molar-refractivity contribution < 1.29 is 36.7 Å². The smallest absolute Gasteiger partial charge is 0.276 e. The number of carbonyl (C=O) groups is 1. The van der Waals surface area contributed by atoms with Crippen molar-refractivity contribution in [1.82, 2.24) is 19.6 Å². The second-order valence-corrected chi connectivity index (χ2v) is 11.1. The Morgan fingerprint density at radius 1 is 1.05 bits per heavy atom. The third-order valence-electron chi connectivity index (χ3n) is 6.58. The van der Waals surface area contributed by atoms with Gasteiger partial charge in [-0.2, -0.15) is 4.31 Å². The summed E-state index contributed by atoms with van der Waals surface area (Å²) < 4.78 is 68.2. The summed E-state index contributed by atoms with van der Waals surface area (Å²) in [4.78, 5) is 25.9. The monoisotopic (exact) mass is 586 g/mol. The first-order valence-electron chi connectivity index (χ1n) is 12.2. The zero-order chi connectivity index (χ0) is 29.5. The Labute approximate surface area is 232 Å². The van der Waals surface area contributed by atoms with E-state index in [2.05, 4.69) is 5.10 Å². The number of nitrogens with zero attached hydrogens (tertiary/aromatic N) is 2. The summed E-state index contributed by atoms with van der Waals surface area (Å²) in [6.45, 7) is 1.60. The summed E-state index contributed by atoms with van der Waals surface area (Å²) in [5.41, 5.74) is 0.667. The van der Waals surface area contributed by atoms with Gasteiger partial charge in [0.25, 0.3) is 11.5 Å². The number of methoxy groups -OCH3 is 1. The summed E-state index contributed by atoms with van der Waals surface area (Å²) in [5.74, 6) is -1.56. The van der Waals surface area contributed by atoms with Crippen LogP contribution in [-0.2, 0) is 21.2 Å². The van der Waals surface area contributed by atoms with Crippen LogP contribution in [0.25, 0.3) is 5.69 Å². The Morgan fingerprint density at radius 3 is 2.44 bits per heavy atom. The van der Waals surface area contributed by atoms with Crippen LogP contribution in [0.1, 0.15) is 22.9 Å². The topological polar surface area (TPSA) is 143 Å². The van der Waals surface area contributed by atoms with E-state index in [9.17, 15) is 32.0 Å². The van der Waals surface area contributed by atoms with Gasteiger partial charge in [-0.15, -0.1) is 0 Å². The molecule has 0 bridgehead atoms. The summed E-state index contributed by atoms with van der Waals surface area (Å²) in [6.07, 6.45) is -0.0562. The van der Waals surface area contributed by atoms with Crippen molar-refractivity contribution in [2.75, 3.05) is 13.7 Å². The lowest BCUT2D eigenvalue weighted by Crippen LogP contribution is -2.48. The molecule has 41 heavy (non-hydrogen) atoms. The Morgan fingerprint density at radius 2 is 1.76 bits per heavy atom. The number of aromatic amines is 1. The summed E-state index contributed by atoms with van der Waals surface area (Å²) >= 11 is 0. The molecule has 3 aromatic carbocycles. The van der Waals surface area contributed by atoms with Gasteiger partial charge < -0.3 is 9.47 Å². The predicted octanol–water partition coefficient (Wildman–Crippen LogP) is 3.35. The number of fused-ring (bicyclic) bond motifs is 1. The first kappa shape index (κ1) is 28.0. The number of carbonyl (C=O) groups excluding carboxylic acids is 1. The number of ether oxygens (including phenoxy) is 2. The van der Waals surface area contributed by atoms with Crippen molar-refractivity contribution >= 4 is 15.9 Å². The van der Waals surface area contributed by atoms with Gasteiger partial charge in [0.15, 0.2) is 0 Å². The molecule has 0 spiro atoms.